The van der Waals surface area contributed by atoms with E-state index >= 15 is 0 Å². The molecule has 3 aromatic rings. The number of nitrogens with one attached hydrogen (secondary N) is 1. The summed E-state index contributed by atoms with van der Waals surface area (Å²) in [5.41, 5.74) is 1.65. The molecule has 2 aromatic carbocycles. The zero-order chi connectivity index (χ0) is 19.4. The summed E-state index contributed by atoms with van der Waals surface area (Å²) >= 11 is 0. The van der Waals surface area contributed by atoms with Gasteiger partial charge in [0.25, 0.3) is 17.6 Å². The smallest absolute Gasteiger partial charge is 0.305 e. The van der Waals surface area contributed by atoms with Gasteiger partial charge in [-0.2, -0.15) is 4.98 Å². The number of halogens is 1. The van der Waals surface area contributed by atoms with Crippen LogP contribution < -0.4 is 5.32 Å². The predicted octanol–water partition coefficient (Wildman–Crippen LogP) is 3.13. The van der Waals surface area contributed by atoms with Gasteiger partial charge in [-0.25, -0.2) is 4.39 Å². The second kappa shape index (κ2) is 7.77. The topological polar surface area (TPSA) is 105 Å². The highest BCUT2D eigenvalue weighted by atomic mass is 19.1. The maximum Gasteiger partial charge on any atom is 0.305 e. The predicted molar refractivity (Wildman–Crippen MR) is 93.3 cm³/mol. The van der Waals surface area contributed by atoms with Crippen molar-refractivity contribution in [2.75, 3.05) is 0 Å². The number of carbonyl (C=O) groups is 2. The number of amides is 1. The fourth-order valence-electron chi connectivity index (χ4n) is 2.60. The molecular weight excluding hydrogens is 353 g/mol. The number of aliphatic carboxylic acids is 1. The van der Waals surface area contributed by atoms with Gasteiger partial charge in [-0.3, -0.25) is 9.59 Å². The van der Waals surface area contributed by atoms with Crippen LogP contribution in [0.1, 0.15) is 34.2 Å². The van der Waals surface area contributed by atoms with E-state index in [4.69, 9.17) is 9.63 Å². The molecule has 1 unspecified atom stereocenters. The van der Waals surface area contributed by atoms with E-state index in [9.17, 15) is 14.0 Å². The van der Waals surface area contributed by atoms with E-state index in [1.807, 2.05) is 13.0 Å². The normalized spacial score (nSPS) is 11.8. The second-order valence-electron chi connectivity index (χ2n) is 5.94. The summed E-state index contributed by atoms with van der Waals surface area (Å²) in [5.74, 6) is -2.78. The van der Waals surface area contributed by atoms with Crippen LogP contribution >= 0.6 is 0 Å². The molecule has 0 radical (unpaired) electrons. The average molecular weight is 369 g/mol. The van der Waals surface area contributed by atoms with Crippen LogP contribution in [0.4, 0.5) is 4.39 Å². The number of hydrogen-bond acceptors (Lipinski definition) is 5. The van der Waals surface area contributed by atoms with Crippen LogP contribution in [0, 0.1) is 12.7 Å². The number of carboxylic acids is 1. The van der Waals surface area contributed by atoms with Crippen LogP contribution in [-0.4, -0.2) is 27.1 Å². The average Bonchev–Trinajstić information content (AvgIpc) is 3.11. The lowest BCUT2D eigenvalue weighted by atomic mass is 10.0. The minimum Gasteiger partial charge on any atom is -0.481 e. The molecule has 0 fully saturated rings. The van der Waals surface area contributed by atoms with Crippen LogP contribution in [0.3, 0.4) is 0 Å². The Labute approximate surface area is 153 Å². The van der Waals surface area contributed by atoms with Crippen molar-refractivity contribution in [1.82, 2.24) is 15.5 Å². The highest BCUT2D eigenvalue weighted by Gasteiger charge is 2.23. The fourth-order valence-corrected chi connectivity index (χ4v) is 2.60. The molecule has 7 nitrogen and oxygen atoms in total. The maximum atomic E-state index is 13.8. The lowest BCUT2D eigenvalue weighted by molar-refractivity contribution is -0.137. The summed E-state index contributed by atoms with van der Waals surface area (Å²) in [5, 5.41) is 15.3. The molecule has 1 amide bonds. The third-order valence-electron chi connectivity index (χ3n) is 3.86. The van der Waals surface area contributed by atoms with Gasteiger partial charge in [0.05, 0.1) is 18.0 Å². The van der Waals surface area contributed by atoms with E-state index in [1.165, 1.54) is 18.2 Å². The van der Waals surface area contributed by atoms with E-state index in [0.29, 0.717) is 5.56 Å². The number of nitrogens with zero attached hydrogens (tertiary/aromatic N) is 2. The Morgan fingerprint density at radius 1 is 1.22 bits per heavy atom. The number of aromatic nitrogens is 2. The fraction of sp³-hybridized carbons (Fsp3) is 0.158. The summed E-state index contributed by atoms with van der Waals surface area (Å²) in [6.07, 6.45) is -0.312. The van der Waals surface area contributed by atoms with Crippen molar-refractivity contribution >= 4 is 11.9 Å². The van der Waals surface area contributed by atoms with Crippen LogP contribution in [0.15, 0.2) is 53.1 Å². The first kappa shape index (κ1) is 18.2. The monoisotopic (exact) mass is 369 g/mol. The van der Waals surface area contributed by atoms with E-state index in [-0.39, 0.29) is 23.7 Å². The summed E-state index contributed by atoms with van der Waals surface area (Å²) in [4.78, 5) is 27.5. The molecule has 1 aromatic heterocycles. The first-order valence-corrected chi connectivity index (χ1v) is 8.12. The maximum absolute atomic E-state index is 13.8. The lowest BCUT2D eigenvalue weighted by Crippen LogP contribution is -2.31. The number of carboxylic acid groups (broad SMARTS) is 1. The van der Waals surface area contributed by atoms with Crippen molar-refractivity contribution in [3.8, 4) is 11.5 Å². The standard InChI is InChI=1S/C19H16FN3O4/c1-11-5-4-6-12(9-11)15(10-16(24)25)21-18(26)17-22-19(27-23-17)13-7-2-3-8-14(13)20/h2-9,15H,10H2,1H3,(H,21,26)(H,24,25). The van der Waals surface area contributed by atoms with Crippen molar-refractivity contribution < 1.29 is 23.6 Å². The number of hydrogen-bond donors (Lipinski definition) is 2. The van der Waals surface area contributed by atoms with Gasteiger partial charge in [-0.05, 0) is 24.6 Å². The molecule has 0 aliphatic rings. The quantitative estimate of drug-likeness (QED) is 0.692. The number of carbonyl (C=O) groups excluding carboxylic acids is 1. The molecule has 0 aliphatic heterocycles. The Morgan fingerprint density at radius 3 is 2.70 bits per heavy atom. The van der Waals surface area contributed by atoms with Gasteiger partial charge in [0, 0.05) is 0 Å². The van der Waals surface area contributed by atoms with Gasteiger partial charge in [0.15, 0.2) is 0 Å². The van der Waals surface area contributed by atoms with Crippen molar-refractivity contribution in [1.29, 1.82) is 0 Å². The van der Waals surface area contributed by atoms with Gasteiger partial charge in [-0.15, -0.1) is 0 Å². The summed E-state index contributed by atoms with van der Waals surface area (Å²) < 4.78 is 18.8. The highest BCUT2D eigenvalue weighted by molar-refractivity contribution is 5.91. The molecule has 0 spiro atoms. The molecule has 1 heterocycles. The Kier molecular flexibility index (Phi) is 5.25. The van der Waals surface area contributed by atoms with Gasteiger partial charge >= 0.3 is 5.97 Å². The van der Waals surface area contributed by atoms with Crippen LogP contribution in [-0.2, 0) is 4.79 Å². The first-order chi connectivity index (χ1) is 12.9. The van der Waals surface area contributed by atoms with Crippen LogP contribution in [0.2, 0.25) is 0 Å². The molecule has 0 aliphatic carbocycles. The minimum atomic E-state index is -1.07. The Hall–Kier alpha value is -3.55. The number of rotatable bonds is 6. The Balaban J connectivity index is 1.82. The van der Waals surface area contributed by atoms with Gasteiger partial charge in [0.1, 0.15) is 5.82 Å². The van der Waals surface area contributed by atoms with E-state index in [2.05, 4.69) is 15.5 Å². The Morgan fingerprint density at radius 2 is 2.00 bits per heavy atom. The summed E-state index contributed by atoms with van der Waals surface area (Å²) in [6, 6.07) is 12.2. The molecule has 2 N–H and O–H groups in total. The molecule has 27 heavy (non-hydrogen) atoms. The third-order valence-corrected chi connectivity index (χ3v) is 3.86. The first-order valence-electron chi connectivity index (χ1n) is 8.12. The van der Waals surface area contributed by atoms with Crippen LogP contribution in [0.5, 0.6) is 0 Å². The van der Waals surface area contributed by atoms with Crippen molar-refractivity contribution in [2.24, 2.45) is 0 Å². The molecule has 8 heteroatoms. The van der Waals surface area contributed by atoms with Crippen molar-refractivity contribution in [2.45, 2.75) is 19.4 Å². The molecule has 1 atom stereocenters. The van der Waals surface area contributed by atoms with Crippen molar-refractivity contribution in [3.63, 3.8) is 0 Å². The lowest BCUT2D eigenvalue weighted by Gasteiger charge is -2.16. The Bertz CT molecular complexity index is 986. The summed E-state index contributed by atoms with van der Waals surface area (Å²) in [7, 11) is 0. The molecule has 3 rings (SSSR count). The van der Waals surface area contributed by atoms with Crippen molar-refractivity contribution in [3.05, 3.63) is 71.3 Å². The highest BCUT2D eigenvalue weighted by Crippen LogP contribution is 2.22. The van der Waals surface area contributed by atoms with E-state index in [0.717, 1.165) is 5.56 Å². The zero-order valence-corrected chi connectivity index (χ0v) is 14.3. The van der Waals surface area contributed by atoms with Gasteiger partial charge in [-0.1, -0.05) is 47.1 Å². The SMILES string of the molecule is Cc1cccc(C(CC(=O)O)NC(=O)c2noc(-c3ccccc3F)n2)c1. The largest absolute Gasteiger partial charge is 0.481 e. The van der Waals surface area contributed by atoms with E-state index in [1.54, 1.807) is 24.3 Å². The van der Waals surface area contributed by atoms with Gasteiger partial charge in [0.2, 0.25) is 0 Å². The molecule has 138 valence electrons. The molecule has 0 bridgehead atoms. The van der Waals surface area contributed by atoms with E-state index < -0.39 is 23.7 Å². The minimum absolute atomic E-state index is 0.0739. The number of aryl methyl sites for hydroxylation is 1. The molecule has 0 saturated heterocycles. The summed E-state index contributed by atoms with van der Waals surface area (Å²) in [6.45, 7) is 1.86. The molecular formula is C19H16FN3O4. The molecule has 0 saturated carbocycles. The van der Waals surface area contributed by atoms with Crippen LogP contribution in [0.25, 0.3) is 11.5 Å². The number of benzene rings is 2. The third kappa shape index (κ3) is 4.35. The van der Waals surface area contributed by atoms with Gasteiger partial charge < -0.3 is 14.9 Å². The second-order valence-corrected chi connectivity index (χ2v) is 5.94. The zero-order valence-electron chi connectivity index (χ0n) is 14.3.